The summed E-state index contributed by atoms with van der Waals surface area (Å²) in [7, 11) is 0. The summed E-state index contributed by atoms with van der Waals surface area (Å²) >= 11 is 0. The largest absolute Gasteiger partial charge is 0.465 e. The molecule has 244 valence electrons. The van der Waals surface area contributed by atoms with E-state index < -0.39 is 24.0 Å². The molecule has 3 unspecified atom stereocenters. The predicted molar refractivity (Wildman–Crippen MR) is 161 cm³/mol. The highest BCUT2D eigenvalue weighted by Crippen LogP contribution is 2.46. The molecule has 42 heavy (non-hydrogen) atoms. The second-order valence-electron chi connectivity index (χ2n) is 13.8. The first kappa shape index (κ1) is 35.2. The molecule has 0 N–H and O–H groups in total. The highest BCUT2D eigenvalue weighted by molar-refractivity contribution is 5.73. The molecule has 0 aliphatic heterocycles. The first-order valence-electron chi connectivity index (χ1n) is 17.7. The Morgan fingerprint density at radius 1 is 0.643 bits per heavy atom. The van der Waals surface area contributed by atoms with Crippen LogP contribution in [-0.2, 0) is 19.1 Å². The van der Waals surface area contributed by atoms with Crippen LogP contribution in [0.4, 0.5) is 13.2 Å². The molecule has 0 radical (unpaired) electrons. The molecule has 0 saturated heterocycles. The molecule has 0 aromatic rings. The lowest BCUT2D eigenvalue weighted by atomic mass is 9.70. The van der Waals surface area contributed by atoms with Crippen LogP contribution in [0, 0.1) is 35.5 Å². The second kappa shape index (κ2) is 18.5. The summed E-state index contributed by atoms with van der Waals surface area (Å²) in [6.45, 7) is 4.86. The van der Waals surface area contributed by atoms with Crippen LogP contribution < -0.4 is 0 Å². The molecule has 7 heteroatoms. The van der Waals surface area contributed by atoms with Gasteiger partial charge in [-0.1, -0.05) is 71.6 Å². The predicted octanol–water partition coefficient (Wildman–Crippen LogP) is 10.4. The van der Waals surface area contributed by atoms with Crippen LogP contribution in [0.1, 0.15) is 155 Å². The first-order chi connectivity index (χ1) is 20.2. The van der Waals surface area contributed by atoms with Gasteiger partial charge >= 0.3 is 18.1 Å². The number of esters is 2. The molecule has 4 nitrogen and oxygen atoms in total. The third-order valence-corrected chi connectivity index (χ3v) is 10.7. The van der Waals surface area contributed by atoms with E-state index in [2.05, 4.69) is 13.8 Å². The van der Waals surface area contributed by atoms with Gasteiger partial charge in [0, 0.05) is 0 Å². The van der Waals surface area contributed by atoms with E-state index in [0.29, 0.717) is 37.7 Å². The van der Waals surface area contributed by atoms with Gasteiger partial charge in [0.15, 0.2) is 0 Å². The molecule has 3 fully saturated rings. The summed E-state index contributed by atoms with van der Waals surface area (Å²) in [6, 6.07) is 0. The number of carbonyl (C=O) groups excluding carboxylic acids is 2. The Morgan fingerprint density at radius 2 is 1.19 bits per heavy atom. The van der Waals surface area contributed by atoms with Gasteiger partial charge < -0.3 is 9.47 Å². The van der Waals surface area contributed by atoms with Gasteiger partial charge in [-0.25, -0.2) is 0 Å². The average molecular weight is 601 g/mol. The average Bonchev–Trinajstić information content (AvgIpc) is 2.99. The zero-order valence-electron chi connectivity index (χ0n) is 26.6. The van der Waals surface area contributed by atoms with Crippen LogP contribution in [0.3, 0.4) is 0 Å². The third-order valence-electron chi connectivity index (χ3n) is 10.7. The van der Waals surface area contributed by atoms with E-state index in [4.69, 9.17) is 9.47 Å². The zero-order chi connectivity index (χ0) is 30.4. The Balaban J connectivity index is 1.32. The summed E-state index contributed by atoms with van der Waals surface area (Å²) < 4.78 is 53.1. The number of halogens is 3. The summed E-state index contributed by atoms with van der Waals surface area (Å²) in [6.07, 6.45) is 15.6. The van der Waals surface area contributed by atoms with Gasteiger partial charge in [-0.2, -0.15) is 13.2 Å². The van der Waals surface area contributed by atoms with E-state index >= 15 is 0 Å². The van der Waals surface area contributed by atoms with Gasteiger partial charge in [-0.15, -0.1) is 0 Å². The number of carbonyl (C=O) groups is 2. The van der Waals surface area contributed by atoms with Crippen molar-refractivity contribution in [2.24, 2.45) is 35.5 Å². The van der Waals surface area contributed by atoms with Crippen molar-refractivity contribution in [3.8, 4) is 0 Å². The van der Waals surface area contributed by atoms with Gasteiger partial charge in [0.2, 0.25) is 0 Å². The Kier molecular flexibility index (Phi) is 15.5. The van der Waals surface area contributed by atoms with Gasteiger partial charge in [-0.3, -0.25) is 9.59 Å². The van der Waals surface area contributed by atoms with Crippen LogP contribution in [0.15, 0.2) is 0 Å². The first-order valence-corrected chi connectivity index (χ1v) is 17.7. The topological polar surface area (TPSA) is 52.6 Å². The molecule has 3 aliphatic carbocycles. The number of ether oxygens (including phenoxy) is 2. The van der Waals surface area contributed by atoms with E-state index in [-0.39, 0.29) is 30.3 Å². The standard InChI is InChI=1S/C35H59F3O4/c1-3-5-7-9-10-12-24-41-33(39)29-17-14-26(15-18-29)27-20-22-31(23-21-27)42-34(40)30-19-16-28(13-11-8-6-4-2)32(25-30)35(36,37)38/h26-32H,3-25H2,1-2H3. The van der Waals surface area contributed by atoms with E-state index in [9.17, 15) is 22.8 Å². The van der Waals surface area contributed by atoms with Crippen molar-refractivity contribution in [3.63, 3.8) is 0 Å². The minimum atomic E-state index is -4.25. The fourth-order valence-electron chi connectivity index (χ4n) is 7.96. The van der Waals surface area contributed by atoms with Crippen molar-refractivity contribution >= 4 is 11.9 Å². The lowest BCUT2D eigenvalue weighted by Crippen LogP contribution is -2.39. The molecule has 0 heterocycles. The molecule has 0 bridgehead atoms. The molecule has 3 atom stereocenters. The number of hydrogen-bond donors (Lipinski definition) is 0. The molecule has 3 rings (SSSR count). The maximum Gasteiger partial charge on any atom is 0.392 e. The molecule has 3 saturated carbocycles. The van der Waals surface area contributed by atoms with Crippen LogP contribution in [-0.4, -0.2) is 30.8 Å². The van der Waals surface area contributed by atoms with E-state index in [0.717, 1.165) is 89.9 Å². The van der Waals surface area contributed by atoms with Gasteiger partial charge in [0.1, 0.15) is 6.10 Å². The Bertz CT molecular complexity index is 769. The molecule has 0 spiro atoms. The fraction of sp³-hybridized carbons (Fsp3) is 0.943. The number of alkyl halides is 3. The number of hydrogen-bond acceptors (Lipinski definition) is 4. The van der Waals surface area contributed by atoms with Crippen molar-refractivity contribution < 1.29 is 32.2 Å². The Labute approximate surface area is 253 Å². The van der Waals surface area contributed by atoms with Crippen molar-refractivity contribution in [1.82, 2.24) is 0 Å². The van der Waals surface area contributed by atoms with Crippen LogP contribution in [0.25, 0.3) is 0 Å². The zero-order valence-corrected chi connectivity index (χ0v) is 26.6. The second-order valence-corrected chi connectivity index (χ2v) is 13.8. The minimum Gasteiger partial charge on any atom is -0.465 e. The van der Waals surface area contributed by atoms with Crippen molar-refractivity contribution in [2.45, 2.75) is 167 Å². The van der Waals surface area contributed by atoms with E-state index in [1.807, 2.05) is 0 Å². The summed E-state index contributed by atoms with van der Waals surface area (Å²) in [4.78, 5) is 25.5. The normalized spacial score (nSPS) is 30.5. The fourth-order valence-corrected chi connectivity index (χ4v) is 7.96. The smallest absolute Gasteiger partial charge is 0.392 e. The van der Waals surface area contributed by atoms with Crippen molar-refractivity contribution in [2.75, 3.05) is 6.61 Å². The number of unbranched alkanes of at least 4 members (excludes halogenated alkanes) is 8. The monoisotopic (exact) mass is 600 g/mol. The SMILES string of the molecule is CCCCCCCCOC(=O)C1CCC(C2CCC(OC(=O)C3CCC(CCCCCC)C(C(F)(F)F)C3)CC2)CC1. The lowest BCUT2D eigenvalue weighted by Gasteiger charge is -2.39. The maximum atomic E-state index is 13.9. The molecule has 0 aromatic carbocycles. The molecular weight excluding hydrogens is 541 g/mol. The van der Waals surface area contributed by atoms with Crippen molar-refractivity contribution in [3.05, 3.63) is 0 Å². The van der Waals surface area contributed by atoms with Gasteiger partial charge in [0.05, 0.1) is 24.4 Å². The Hall–Kier alpha value is -1.27. The van der Waals surface area contributed by atoms with E-state index in [1.54, 1.807) is 0 Å². The number of rotatable bonds is 16. The van der Waals surface area contributed by atoms with Crippen LogP contribution in [0.5, 0.6) is 0 Å². The molecule has 3 aliphatic rings. The molecular formula is C35H59F3O4. The maximum absolute atomic E-state index is 13.9. The highest BCUT2D eigenvalue weighted by atomic mass is 19.4. The van der Waals surface area contributed by atoms with Crippen molar-refractivity contribution in [1.29, 1.82) is 0 Å². The summed E-state index contributed by atoms with van der Waals surface area (Å²) in [5.41, 5.74) is 0. The minimum absolute atomic E-state index is 0.0177. The molecule has 0 amide bonds. The third kappa shape index (κ3) is 11.7. The highest BCUT2D eigenvalue weighted by Gasteiger charge is 2.49. The lowest BCUT2D eigenvalue weighted by molar-refractivity contribution is -0.204. The van der Waals surface area contributed by atoms with Gasteiger partial charge in [0.25, 0.3) is 0 Å². The Morgan fingerprint density at radius 3 is 1.81 bits per heavy atom. The summed E-state index contributed by atoms with van der Waals surface area (Å²) in [5.74, 6) is -1.58. The van der Waals surface area contributed by atoms with E-state index in [1.165, 1.54) is 25.7 Å². The summed E-state index contributed by atoms with van der Waals surface area (Å²) in [5, 5.41) is 0. The van der Waals surface area contributed by atoms with Crippen LogP contribution >= 0.6 is 0 Å². The van der Waals surface area contributed by atoms with Crippen LogP contribution in [0.2, 0.25) is 0 Å². The quantitative estimate of drug-likeness (QED) is 0.131. The van der Waals surface area contributed by atoms with Gasteiger partial charge in [-0.05, 0) is 101 Å². The molecule has 0 aromatic heterocycles.